The van der Waals surface area contributed by atoms with E-state index in [1.165, 1.54) is 4.90 Å². The van der Waals surface area contributed by atoms with Crippen molar-refractivity contribution >= 4 is 17.7 Å². The van der Waals surface area contributed by atoms with E-state index in [0.717, 1.165) is 12.8 Å². The van der Waals surface area contributed by atoms with Crippen LogP contribution in [0.1, 0.15) is 32.6 Å². The summed E-state index contributed by atoms with van der Waals surface area (Å²) in [5, 5.41) is 12.3. The number of amides is 2. The number of hydrogen-bond donors (Lipinski definition) is 2. The van der Waals surface area contributed by atoms with Crippen LogP contribution >= 0.6 is 0 Å². The molecule has 0 aromatic heterocycles. The van der Waals surface area contributed by atoms with Crippen molar-refractivity contribution in [2.45, 2.75) is 38.1 Å². The second-order valence-electron chi connectivity index (χ2n) is 5.14. The van der Waals surface area contributed by atoms with Gasteiger partial charge in [0.15, 0.2) is 0 Å². The van der Waals surface area contributed by atoms with Crippen molar-refractivity contribution < 1.29 is 14.7 Å². The summed E-state index contributed by atoms with van der Waals surface area (Å²) in [5.41, 5.74) is -0.367. The number of urea groups is 1. The van der Waals surface area contributed by atoms with Crippen LogP contribution in [0.2, 0.25) is 0 Å². The minimum atomic E-state index is -1.05. The fourth-order valence-corrected chi connectivity index (χ4v) is 2.89. The van der Waals surface area contributed by atoms with E-state index in [1.54, 1.807) is 12.1 Å². The molecule has 1 saturated heterocycles. The van der Waals surface area contributed by atoms with E-state index in [1.807, 2.05) is 25.1 Å². The molecule has 2 N–H and O–H groups in total. The maximum Gasteiger partial charge on any atom is 0.329 e. The zero-order valence-electron chi connectivity index (χ0n) is 11.6. The van der Waals surface area contributed by atoms with Crippen molar-refractivity contribution in [3.63, 3.8) is 0 Å². The van der Waals surface area contributed by atoms with Crippen LogP contribution in [0.4, 0.5) is 10.5 Å². The lowest BCUT2D eigenvalue weighted by Gasteiger charge is -2.34. The van der Waals surface area contributed by atoms with Crippen LogP contribution in [-0.4, -0.2) is 34.1 Å². The van der Waals surface area contributed by atoms with Crippen LogP contribution < -0.4 is 5.32 Å². The number of benzene rings is 1. The van der Waals surface area contributed by atoms with Crippen molar-refractivity contribution in [1.29, 1.82) is 0 Å². The van der Waals surface area contributed by atoms with Gasteiger partial charge in [0.2, 0.25) is 0 Å². The van der Waals surface area contributed by atoms with Gasteiger partial charge in [0.05, 0.1) is 0 Å². The van der Waals surface area contributed by atoms with Crippen molar-refractivity contribution in [2.24, 2.45) is 0 Å². The van der Waals surface area contributed by atoms with E-state index in [9.17, 15) is 14.7 Å². The molecule has 2 amide bonds. The molecule has 1 fully saturated rings. The van der Waals surface area contributed by atoms with Crippen molar-refractivity contribution in [1.82, 2.24) is 4.90 Å². The van der Waals surface area contributed by atoms with Gasteiger partial charge in [0.25, 0.3) is 0 Å². The lowest BCUT2D eigenvalue weighted by atomic mass is 9.91. The third-order valence-electron chi connectivity index (χ3n) is 3.82. The molecular formula is C15H20N2O3. The predicted octanol–water partition coefficient (Wildman–Crippen LogP) is 2.94. The topological polar surface area (TPSA) is 69.6 Å². The Hall–Kier alpha value is -2.04. The summed E-state index contributed by atoms with van der Waals surface area (Å²) < 4.78 is 0. The number of rotatable bonds is 4. The molecule has 1 aromatic carbocycles. The van der Waals surface area contributed by atoms with Crippen molar-refractivity contribution in [3.05, 3.63) is 30.3 Å². The van der Waals surface area contributed by atoms with Gasteiger partial charge >= 0.3 is 12.0 Å². The minimum Gasteiger partial charge on any atom is -0.479 e. The van der Waals surface area contributed by atoms with E-state index in [-0.39, 0.29) is 6.03 Å². The monoisotopic (exact) mass is 276 g/mol. The molecular weight excluding hydrogens is 256 g/mol. The number of carboxylic acid groups (broad SMARTS) is 1. The summed E-state index contributed by atoms with van der Waals surface area (Å²) in [6, 6.07) is 8.77. The number of nitrogens with zero attached hydrogens (tertiary/aromatic N) is 1. The number of hydrogen-bond acceptors (Lipinski definition) is 2. The summed E-state index contributed by atoms with van der Waals surface area (Å²) in [6.07, 6.45) is 2.48. The number of nitrogens with one attached hydrogen (secondary N) is 1. The number of para-hydroxylation sites is 1. The third kappa shape index (κ3) is 2.61. The Kier molecular flexibility index (Phi) is 4.27. The highest BCUT2D eigenvalue weighted by atomic mass is 16.4. The number of aliphatic carboxylic acids is 1. The Morgan fingerprint density at radius 1 is 1.35 bits per heavy atom. The molecule has 1 aromatic rings. The average molecular weight is 276 g/mol. The van der Waals surface area contributed by atoms with Crippen molar-refractivity contribution in [3.8, 4) is 0 Å². The molecule has 108 valence electrons. The Balaban J connectivity index is 2.17. The summed E-state index contributed by atoms with van der Waals surface area (Å²) >= 11 is 0. The summed E-state index contributed by atoms with van der Waals surface area (Å²) in [5.74, 6) is -0.903. The van der Waals surface area contributed by atoms with Gasteiger partial charge < -0.3 is 15.3 Å². The first-order valence-corrected chi connectivity index (χ1v) is 6.97. The molecule has 0 aliphatic carbocycles. The molecule has 1 aliphatic rings. The van der Waals surface area contributed by atoms with Gasteiger partial charge in [-0.15, -0.1) is 0 Å². The second-order valence-corrected chi connectivity index (χ2v) is 5.14. The Labute approximate surface area is 118 Å². The summed E-state index contributed by atoms with van der Waals surface area (Å²) in [7, 11) is 0. The molecule has 2 rings (SSSR count). The number of anilines is 1. The normalized spacial score (nSPS) is 21.8. The smallest absolute Gasteiger partial charge is 0.329 e. The van der Waals surface area contributed by atoms with Gasteiger partial charge in [0.1, 0.15) is 5.54 Å². The number of likely N-dealkylation sites (tertiary alicyclic amines) is 1. The highest BCUT2D eigenvalue weighted by Gasteiger charge is 2.49. The molecule has 0 bridgehead atoms. The maximum absolute atomic E-state index is 12.4. The molecule has 1 atom stereocenters. The van der Waals surface area contributed by atoms with Gasteiger partial charge in [-0.3, -0.25) is 0 Å². The lowest BCUT2D eigenvalue weighted by molar-refractivity contribution is -0.148. The first-order valence-electron chi connectivity index (χ1n) is 6.97. The number of carbonyl (C=O) groups is 2. The summed E-state index contributed by atoms with van der Waals surface area (Å²) in [6.45, 7) is 2.43. The Morgan fingerprint density at radius 2 is 2.05 bits per heavy atom. The second kappa shape index (κ2) is 5.94. The Morgan fingerprint density at radius 3 is 2.65 bits per heavy atom. The average Bonchev–Trinajstić information content (AvgIpc) is 2.85. The molecule has 0 spiro atoms. The van der Waals surface area contributed by atoms with Crippen LogP contribution in [0, 0.1) is 0 Å². The molecule has 5 heteroatoms. The molecule has 1 unspecified atom stereocenters. The fraction of sp³-hybridized carbons (Fsp3) is 0.467. The highest BCUT2D eigenvalue weighted by molar-refractivity contribution is 5.94. The molecule has 0 radical (unpaired) electrons. The predicted molar refractivity (Wildman–Crippen MR) is 76.7 cm³/mol. The van der Waals surface area contributed by atoms with E-state index >= 15 is 0 Å². The Bertz CT molecular complexity index is 489. The van der Waals surface area contributed by atoms with E-state index < -0.39 is 11.5 Å². The fourth-order valence-electron chi connectivity index (χ4n) is 2.89. The maximum atomic E-state index is 12.4. The van der Waals surface area contributed by atoms with Gasteiger partial charge in [0, 0.05) is 12.2 Å². The largest absolute Gasteiger partial charge is 0.479 e. The van der Waals surface area contributed by atoms with Crippen LogP contribution in [-0.2, 0) is 4.79 Å². The highest BCUT2D eigenvalue weighted by Crippen LogP contribution is 2.34. The van der Waals surface area contributed by atoms with Gasteiger partial charge in [-0.1, -0.05) is 31.5 Å². The molecule has 1 heterocycles. The van der Waals surface area contributed by atoms with Crippen LogP contribution in [0.15, 0.2) is 30.3 Å². The standard InChI is InChI=1S/C15H20N2O3/c1-2-9-15(13(18)19)10-6-11-17(15)14(20)16-12-7-4-3-5-8-12/h3-5,7-8H,2,6,9-11H2,1H3,(H,16,20)(H,18,19). The zero-order valence-corrected chi connectivity index (χ0v) is 11.6. The molecule has 0 saturated carbocycles. The lowest BCUT2D eigenvalue weighted by Crippen LogP contribution is -2.54. The SMILES string of the molecule is CCCC1(C(=O)O)CCCN1C(=O)Nc1ccccc1. The third-order valence-corrected chi connectivity index (χ3v) is 3.82. The number of carbonyl (C=O) groups excluding carboxylic acids is 1. The van der Waals surface area contributed by atoms with E-state index in [2.05, 4.69) is 5.32 Å². The van der Waals surface area contributed by atoms with Crippen LogP contribution in [0.5, 0.6) is 0 Å². The van der Waals surface area contributed by atoms with Gasteiger partial charge in [-0.05, 0) is 31.4 Å². The van der Waals surface area contributed by atoms with Crippen LogP contribution in [0.3, 0.4) is 0 Å². The number of carboxylic acids is 1. The van der Waals surface area contributed by atoms with E-state index in [0.29, 0.717) is 25.1 Å². The van der Waals surface area contributed by atoms with Gasteiger partial charge in [-0.25, -0.2) is 9.59 Å². The summed E-state index contributed by atoms with van der Waals surface area (Å²) in [4.78, 5) is 25.5. The molecule has 20 heavy (non-hydrogen) atoms. The first kappa shape index (κ1) is 14.4. The van der Waals surface area contributed by atoms with Crippen LogP contribution in [0.25, 0.3) is 0 Å². The molecule has 5 nitrogen and oxygen atoms in total. The van der Waals surface area contributed by atoms with Crippen molar-refractivity contribution in [2.75, 3.05) is 11.9 Å². The van der Waals surface area contributed by atoms with E-state index in [4.69, 9.17) is 0 Å². The minimum absolute atomic E-state index is 0.329. The quantitative estimate of drug-likeness (QED) is 0.888. The first-order chi connectivity index (χ1) is 9.60. The molecule has 1 aliphatic heterocycles. The zero-order chi connectivity index (χ0) is 14.6. The van der Waals surface area contributed by atoms with Gasteiger partial charge in [-0.2, -0.15) is 0 Å².